The number of hydrogen-bond donors (Lipinski definition) is 0. The maximum Gasteiger partial charge on any atom is 0.305 e. The number of esters is 2. The summed E-state index contributed by atoms with van der Waals surface area (Å²) < 4.78 is 10.7. The van der Waals surface area contributed by atoms with Gasteiger partial charge in [0.1, 0.15) is 24.3 Å². The van der Waals surface area contributed by atoms with Gasteiger partial charge in [-0.05, 0) is 44.2 Å². The molecule has 0 bridgehead atoms. The van der Waals surface area contributed by atoms with Crippen LogP contribution in [-0.2, 0) is 29.9 Å². The van der Waals surface area contributed by atoms with Crippen LogP contribution in [0.3, 0.4) is 0 Å². The van der Waals surface area contributed by atoms with Crippen molar-refractivity contribution in [1.82, 2.24) is 19.9 Å². The summed E-state index contributed by atoms with van der Waals surface area (Å²) in [6.07, 6.45) is 0.402. The van der Waals surface area contributed by atoms with Gasteiger partial charge >= 0.3 is 11.9 Å². The molecule has 2 aliphatic rings. The molecule has 2 aromatic heterocycles. The Labute approximate surface area is 282 Å². The van der Waals surface area contributed by atoms with E-state index in [1.807, 2.05) is 72.8 Å². The molecule has 0 amide bonds. The minimum atomic E-state index is -1.14. The maximum atomic E-state index is 13.0. The van der Waals surface area contributed by atoms with Gasteiger partial charge in [-0.1, -0.05) is 48.5 Å². The normalized spacial score (nSPS) is 17.6. The first-order valence-electron chi connectivity index (χ1n) is 15.8. The van der Waals surface area contributed by atoms with Crippen molar-refractivity contribution in [3.05, 3.63) is 93.8 Å². The van der Waals surface area contributed by atoms with Gasteiger partial charge in [0, 0.05) is 34.8 Å². The molecule has 0 fully saturated rings. The Morgan fingerprint density at radius 3 is 1.35 bits per heavy atom. The van der Waals surface area contributed by atoms with Gasteiger partial charge in [-0.2, -0.15) is 21.0 Å². The van der Waals surface area contributed by atoms with Crippen molar-refractivity contribution < 1.29 is 19.1 Å². The molecule has 240 valence electrons. The zero-order chi connectivity index (χ0) is 34.8. The van der Waals surface area contributed by atoms with Gasteiger partial charge in [0.05, 0.1) is 36.0 Å². The van der Waals surface area contributed by atoms with Crippen LogP contribution >= 0.6 is 0 Å². The summed E-state index contributed by atoms with van der Waals surface area (Å²) in [6.45, 7) is 3.81. The molecule has 4 aromatic rings. The fraction of sp³-hybridized carbons (Fsp3) is 0.297. The summed E-state index contributed by atoms with van der Waals surface area (Å²) in [4.78, 5) is 44.9. The van der Waals surface area contributed by atoms with E-state index in [1.54, 1.807) is 13.8 Å². The molecular formula is C37H28N8O4. The second kappa shape index (κ2) is 13.0. The number of benzene rings is 2. The summed E-state index contributed by atoms with van der Waals surface area (Å²) in [5, 5.41) is 39.8. The minimum Gasteiger partial charge on any atom is -0.466 e. The standard InChI is InChI=1S/C37H28N8O4/c1-3-48-30(46)13-15-36(24-11-7-5-9-22(24)32-34(36)44-28(19-40)26(17-38)42-32)21-37(16-14-31(47)49-4-2)25-12-8-6-10-23(25)33-35(37)45-29(20-41)27(18-39)43-33/h5-12H,3-4,13-16,21H2,1-2H3. The van der Waals surface area contributed by atoms with Crippen LogP contribution in [0.5, 0.6) is 0 Å². The third-order valence-corrected chi connectivity index (χ3v) is 9.24. The molecule has 0 aliphatic heterocycles. The first kappa shape index (κ1) is 32.4. The van der Waals surface area contributed by atoms with Crippen LogP contribution < -0.4 is 0 Å². The predicted octanol–water partition coefficient (Wildman–Crippen LogP) is 5.06. The third kappa shape index (κ3) is 5.21. The summed E-state index contributed by atoms with van der Waals surface area (Å²) in [5.41, 5.74) is 1.66. The zero-order valence-electron chi connectivity index (χ0n) is 26.8. The average molecular weight is 649 g/mol. The van der Waals surface area contributed by atoms with E-state index in [9.17, 15) is 30.6 Å². The number of nitriles is 4. The molecule has 0 saturated heterocycles. The van der Waals surface area contributed by atoms with E-state index in [0.29, 0.717) is 33.9 Å². The number of carbonyl (C=O) groups excluding carboxylic acids is 2. The van der Waals surface area contributed by atoms with Crippen molar-refractivity contribution in [1.29, 1.82) is 21.0 Å². The lowest BCUT2D eigenvalue weighted by Crippen LogP contribution is -2.40. The van der Waals surface area contributed by atoms with Crippen LogP contribution in [0.25, 0.3) is 22.5 Å². The van der Waals surface area contributed by atoms with Crippen LogP contribution in [0.2, 0.25) is 0 Å². The molecule has 0 saturated carbocycles. The molecule has 12 nitrogen and oxygen atoms in total. The van der Waals surface area contributed by atoms with Crippen molar-refractivity contribution in [2.75, 3.05) is 13.2 Å². The van der Waals surface area contributed by atoms with Crippen molar-refractivity contribution >= 4 is 11.9 Å². The Hall–Kier alpha value is -6.50. The van der Waals surface area contributed by atoms with Crippen molar-refractivity contribution in [2.45, 2.75) is 56.8 Å². The Morgan fingerprint density at radius 1 is 0.612 bits per heavy atom. The maximum absolute atomic E-state index is 13.0. The summed E-state index contributed by atoms with van der Waals surface area (Å²) in [7, 11) is 0. The number of fused-ring (bicyclic) bond motifs is 6. The fourth-order valence-corrected chi connectivity index (χ4v) is 7.35. The number of hydrogen-bond acceptors (Lipinski definition) is 12. The van der Waals surface area contributed by atoms with Gasteiger partial charge in [-0.15, -0.1) is 0 Å². The first-order valence-corrected chi connectivity index (χ1v) is 15.8. The van der Waals surface area contributed by atoms with Crippen LogP contribution in [-0.4, -0.2) is 45.1 Å². The smallest absolute Gasteiger partial charge is 0.305 e. The van der Waals surface area contributed by atoms with Crippen molar-refractivity contribution in [3.63, 3.8) is 0 Å². The molecule has 2 atom stereocenters. The van der Waals surface area contributed by atoms with Crippen LogP contribution in [0.4, 0.5) is 0 Å². The molecule has 2 aliphatic carbocycles. The van der Waals surface area contributed by atoms with Gasteiger partial charge in [-0.25, -0.2) is 19.9 Å². The third-order valence-electron chi connectivity index (χ3n) is 9.24. The largest absolute Gasteiger partial charge is 0.466 e. The molecular weight excluding hydrogens is 620 g/mol. The zero-order valence-corrected chi connectivity index (χ0v) is 26.8. The van der Waals surface area contributed by atoms with Crippen molar-refractivity contribution in [3.8, 4) is 46.8 Å². The first-order chi connectivity index (χ1) is 23.8. The molecule has 49 heavy (non-hydrogen) atoms. The van der Waals surface area contributed by atoms with E-state index >= 15 is 0 Å². The average Bonchev–Trinajstić information content (AvgIpc) is 3.54. The molecule has 0 spiro atoms. The molecule has 0 N–H and O–H groups in total. The van der Waals surface area contributed by atoms with E-state index in [4.69, 9.17) is 19.4 Å². The van der Waals surface area contributed by atoms with Gasteiger partial charge < -0.3 is 9.47 Å². The highest BCUT2D eigenvalue weighted by Crippen LogP contribution is 2.61. The lowest BCUT2D eigenvalue weighted by Gasteiger charge is -2.41. The van der Waals surface area contributed by atoms with Crippen LogP contribution in [0.1, 0.15) is 91.2 Å². The van der Waals surface area contributed by atoms with Gasteiger partial charge in [0.25, 0.3) is 0 Å². The Balaban J connectivity index is 1.69. The van der Waals surface area contributed by atoms with Crippen LogP contribution in [0, 0.1) is 45.3 Å². The number of rotatable bonds is 10. The minimum absolute atomic E-state index is 0.0316. The molecule has 12 heteroatoms. The number of aromatic nitrogens is 4. The van der Waals surface area contributed by atoms with E-state index in [2.05, 4.69) is 9.97 Å². The van der Waals surface area contributed by atoms with Crippen LogP contribution in [0.15, 0.2) is 48.5 Å². The highest BCUT2D eigenvalue weighted by atomic mass is 16.5. The monoisotopic (exact) mass is 648 g/mol. The van der Waals surface area contributed by atoms with Gasteiger partial charge in [0.2, 0.25) is 0 Å². The number of nitrogens with zero attached hydrogens (tertiary/aromatic N) is 8. The van der Waals surface area contributed by atoms with Crippen molar-refractivity contribution in [2.24, 2.45) is 0 Å². The predicted molar refractivity (Wildman–Crippen MR) is 172 cm³/mol. The molecule has 2 aromatic carbocycles. The van der Waals surface area contributed by atoms with E-state index < -0.39 is 22.8 Å². The molecule has 2 unspecified atom stereocenters. The summed E-state index contributed by atoms with van der Waals surface area (Å²) in [6, 6.07) is 22.9. The topological polar surface area (TPSA) is 199 Å². The molecule has 2 heterocycles. The Kier molecular flexibility index (Phi) is 8.57. The second-order valence-corrected chi connectivity index (χ2v) is 11.7. The fourth-order valence-electron chi connectivity index (χ4n) is 7.35. The van der Waals surface area contributed by atoms with E-state index in [0.717, 1.165) is 11.1 Å². The highest BCUT2D eigenvalue weighted by Gasteiger charge is 2.56. The van der Waals surface area contributed by atoms with Gasteiger partial charge in [-0.3, -0.25) is 9.59 Å². The quantitative estimate of drug-likeness (QED) is 0.207. The Bertz CT molecular complexity index is 2050. The van der Waals surface area contributed by atoms with E-state index in [-0.39, 0.29) is 68.1 Å². The van der Waals surface area contributed by atoms with E-state index in [1.165, 1.54) is 0 Å². The highest BCUT2D eigenvalue weighted by molar-refractivity contribution is 5.82. The number of carbonyl (C=O) groups is 2. The SMILES string of the molecule is CCOC(=O)CCC1(CC2(CCC(=O)OCC)c3ccccc3-c3nc(C#N)c(C#N)nc32)c2ccccc2-c2nc(C#N)c(C#N)nc21. The Morgan fingerprint density at radius 2 is 0.980 bits per heavy atom. The summed E-state index contributed by atoms with van der Waals surface area (Å²) in [5.74, 6) is -0.874. The second-order valence-electron chi connectivity index (χ2n) is 11.7. The lowest BCUT2D eigenvalue weighted by atomic mass is 9.61. The number of ether oxygens (including phenoxy) is 2. The molecule has 6 rings (SSSR count). The van der Waals surface area contributed by atoms with Gasteiger partial charge in [0.15, 0.2) is 22.8 Å². The summed E-state index contributed by atoms with van der Waals surface area (Å²) >= 11 is 0. The lowest BCUT2D eigenvalue weighted by molar-refractivity contribution is -0.144. The molecule has 0 radical (unpaired) electrons.